The standard InChI is InChI=1S/C20H24N4O4/c1-23-13-20(28-19(23)27)9-4-11-24(12-10-20)17(25)8-7-16-18(26)22-15-6-3-2-5-14(15)21-16/h2-3,5-6H,4,7-13H2,1H3,(H,22,26). The molecule has 2 aliphatic rings. The fourth-order valence-electron chi connectivity index (χ4n) is 4.09. The minimum absolute atomic E-state index is 0.00378. The smallest absolute Gasteiger partial charge is 0.410 e. The Morgan fingerprint density at radius 3 is 2.86 bits per heavy atom. The highest BCUT2D eigenvalue weighted by atomic mass is 16.6. The molecule has 0 aliphatic carbocycles. The van der Waals surface area contributed by atoms with Gasteiger partial charge in [-0.25, -0.2) is 9.78 Å². The van der Waals surface area contributed by atoms with E-state index in [0.717, 1.165) is 12.8 Å². The van der Waals surface area contributed by atoms with Crippen LogP contribution in [0.3, 0.4) is 0 Å². The van der Waals surface area contributed by atoms with Crippen LogP contribution < -0.4 is 5.56 Å². The number of nitrogens with one attached hydrogen (secondary N) is 1. The first-order valence-corrected chi connectivity index (χ1v) is 9.66. The molecule has 1 spiro atoms. The number of aryl methyl sites for hydroxylation is 1. The van der Waals surface area contributed by atoms with Crippen molar-refractivity contribution in [2.75, 3.05) is 26.7 Å². The molecule has 8 heteroatoms. The second-order valence-corrected chi connectivity index (χ2v) is 7.67. The maximum absolute atomic E-state index is 12.7. The van der Waals surface area contributed by atoms with Crippen molar-refractivity contribution in [1.82, 2.24) is 19.8 Å². The Morgan fingerprint density at radius 2 is 2.07 bits per heavy atom. The number of likely N-dealkylation sites (N-methyl/N-ethyl adjacent to an activating group) is 1. The van der Waals surface area contributed by atoms with Gasteiger partial charge in [0.25, 0.3) is 5.56 Å². The van der Waals surface area contributed by atoms with Crippen molar-refractivity contribution in [3.8, 4) is 0 Å². The zero-order valence-electron chi connectivity index (χ0n) is 15.9. The van der Waals surface area contributed by atoms with E-state index >= 15 is 0 Å². The maximum Gasteiger partial charge on any atom is 0.410 e. The average Bonchev–Trinajstić information content (AvgIpc) is 2.83. The van der Waals surface area contributed by atoms with Gasteiger partial charge in [-0.1, -0.05) is 12.1 Å². The second kappa shape index (κ2) is 7.26. The molecule has 1 unspecified atom stereocenters. The van der Waals surface area contributed by atoms with Crippen LogP contribution in [0.4, 0.5) is 4.79 Å². The fraction of sp³-hybridized carbons (Fsp3) is 0.500. The number of carbonyl (C=O) groups excluding carboxylic acids is 2. The number of nitrogens with zero attached hydrogens (tertiary/aromatic N) is 3. The molecule has 0 saturated carbocycles. The van der Waals surface area contributed by atoms with Crippen LogP contribution in [0.1, 0.15) is 31.4 Å². The van der Waals surface area contributed by atoms with E-state index < -0.39 is 5.60 Å². The second-order valence-electron chi connectivity index (χ2n) is 7.67. The summed E-state index contributed by atoms with van der Waals surface area (Å²) in [7, 11) is 1.74. The van der Waals surface area contributed by atoms with Gasteiger partial charge in [0.15, 0.2) is 0 Å². The van der Waals surface area contributed by atoms with E-state index in [9.17, 15) is 14.4 Å². The van der Waals surface area contributed by atoms with Crippen LogP contribution in [0.5, 0.6) is 0 Å². The summed E-state index contributed by atoms with van der Waals surface area (Å²) < 4.78 is 5.59. The largest absolute Gasteiger partial charge is 0.441 e. The van der Waals surface area contributed by atoms with Crippen LogP contribution in [0.2, 0.25) is 0 Å². The molecule has 2 amide bonds. The summed E-state index contributed by atoms with van der Waals surface area (Å²) in [4.78, 5) is 47.3. The molecule has 0 bridgehead atoms. The SMILES string of the molecule is CN1CC2(CCCN(C(=O)CCc3nc4ccccc4[nH]c3=O)CC2)OC1=O. The van der Waals surface area contributed by atoms with Gasteiger partial charge in [-0.15, -0.1) is 0 Å². The minimum atomic E-state index is -0.474. The normalized spacial score (nSPS) is 22.5. The molecule has 2 saturated heterocycles. The van der Waals surface area contributed by atoms with Gasteiger partial charge in [0, 0.05) is 39.4 Å². The van der Waals surface area contributed by atoms with Crippen LogP contribution in [0.25, 0.3) is 11.0 Å². The number of benzene rings is 1. The van der Waals surface area contributed by atoms with Crippen molar-refractivity contribution in [2.24, 2.45) is 0 Å². The monoisotopic (exact) mass is 384 g/mol. The van der Waals surface area contributed by atoms with E-state index in [1.54, 1.807) is 18.0 Å². The summed E-state index contributed by atoms with van der Waals surface area (Å²) in [6.45, 7) is 1.77. The summed E-state index contributed by atoms with van der Waals surface area (Å²) in [6, 6.07) is 7.35. The summed E-state index contributed by atoms with van der Waals surface area (Å²) in [6.07, 6.45) is 2.45. The van der Waals surface area contributed by atoms with Crippen LogP contribution in [0.15, 0.2) is 29.1 Å². The molecule has 1 aromatic carbocycles. The fourth-order valence-corrected chi connectivity index (χ4v) is 4.09. The first kappa shape index (κ1) is 18.5. The number of likely N-dealkylation sites (tertiary alicyclic amines) is 1. The highest BCUT2D eigenvalue weighted by Gasteiger charge is 2.44. The van der Waals surface area contributed by atoms with E-state index in [0.29, 0.717) is 49.2 Å². The number of hydrogen-bond acceptors (Lipinski definition) is 5. The van der Waals surface area contributed by atoms with E-state index in [4.69, 9.17) is 4.74 Å². The zero-order valence-corrected chi connectivity index (χ0v) is 15.9. The molecular weight excluding hydrogens is 360 g/mol. The van der Waals surface area contributed by atoms with Crippen molar-refractivity contribution in [3.05, 3.63) is 40.3 Å². The molecule has 148 valence electrons. The lowest BCUT2D eigenvalue weighted by Crippen LogP contribution is -2.37. The average molecular weight is 384 g/mol. The van der Waals surface area contributed by atoms with Crippen LogP contribution in [0, 0.1) is 0 Å². The number of H-pyrrole nitrogens is 1. The van der Waals surface area contributed by atoms with E-state index in [2.05, 4.69) is 9.97 Å². The minimum Gasteiger partial charge on any atom is -0.441 e. The Kier molecular flexibility index (Phi) is 4.78. The summed E-state index contributed by atoms with van der Waals surface area (Å²) >= 11 is 0. The van der Waals surface area contributed by atoms with Gasteiger partial charge >= 0.3 is 6.09 Å². The van der Waals surface area contributed by atoms with Crippen molar-refractivity contribution < 1.29 is 14.3 Å². The lowest BCUT2D eigenvalue weighted by molar-refractivity contribution is -0.131. The van der Waals surface area contributed by atoms with Gasteiger partial charge in [0.1, 0.15) is 11.3 Å². The third-order valence-electron chi connectivity index (χ3n) is 5.64. The molecule has 1 N–H and O–H groups in total. The topological polar surface area (TPSA) is 95.6 Å². The Hall–Kier alpha value is -2.90. The molecule has 4 rings (SSSR count). The molecule has 0 radical (unpaired) electrons. The van der Waals surface area contributed by atoms with Crippen LogP contribution in [-0.2, 0) is 16.0 Å². The van der Waals surface area contributed by atoms with Gasteiger partial charge in [-0.2, -0.15) is 0 Å². The van der Waals surface area contributed by atoms with Crippen molar-refractivity contribution in [2.45, 2.75) is 37.7 Å². The molecular formula is C20H24N4O4. The predicted molar refractivity (Wildman–Crippen MR) is 103 cm³/mol. The number of aromatic amines is 1. The highest BCUT2D eigenvalue weighted by molar-refractivity contribution is 5.77. The third-order valence-corrected chi connectivity index (χ3v) is 5.64. The molecule has 28 heavy (non-hydrogen) atoms. The summed E-state index contributed by atoms with van der Waals surface area (Å²) in [5.41, 5.74) is 1.06. The number of hydrogen-bond donors (Lipinski definition) is 1. The predicted octanol–water partition coefficient (Wildman–Crippen LogP) is 1.69. The van der Waals surface area contributed by atoms with Crippen molar-refractivity contribution in [1.29, 1.82) is 0 Å². The van der Waals surface area contributed by atoms with E-state index in [1.807, 2.05) is 23.1 Å². The van der Waals surface area contributed by atoms with Gasteiger partial charge in [-0.05, 0) is 25.0 Å². The molecule has 1 aromatic heterocycles. The molecule has 8 nitrogen and oxygen atoms in total. The van der Waals surface area contributed by atoms with Gasteiger partial charge in [0.2, 0.25) is 5.91 Å². The first-order chi connectivity index (χ1) is 13.5. The van der Waals surface area contributed by atoms with Crippen LogP contribution in [-0.4, -0.2) is 64.1 Å². The lowest BCUT2D eigenvalue weighted by atomic mass is 9.95. The maximum atomic E-state index is 12.7. The van der Waals surface area contributed by atoms with Gasteiger partial charge in [-0.3, -0.25) is 9.59 Å². The number of carbonyl (C=O) groups is 2. The van der Waals surface area contributed by atoms with Crippen molar-refractivity contribution >= 4 is 23.0 Å². The highest BCUT2D eigenvalue weighted by Crippen LogP contribution is 2.32. The van der Waals surface area contributed by atoms with E-state index in [-0.39, 0.29) is 24.0 Å². The first-order valence-electron chi connectivity index (χ1n) is 9.66. The quantitative estimate of drug-likeness (QED) is 0.869. The van der Waals surface area contributed by atoms with Gasteiger partial charge < -0.3 is 19.5 Å². The van der Waals surface area contributed by atoms with Crippen LogP contribution >= 0.6 is 0 Å². The number of amides is 2. The Labute approximate surface area is 162 Å². The third kappa shape index (κ3) is 3.58. The molecule has 3 heterocycles. The number of aromatic nitrogens is 2. The van der Waals surface area contributed by atoms with Gasteiger partial charge in [0.05, 0.1) is 17.6 Å². The summed E-state index contributed by atoms with van der Waals surface area (Å²) in [5, 5.41) is 0. The molecule has 1 atom stereocenters. The molecule has 2 aromatic rings. The Bertz CT molecular complexity index is 972. The Balaban J connectivity index is 1.39. The van der Waals surface area contributed by atoms with E-state index in [1.165, 1.54) is 0 Å². The molecule has 2 aliphatic heterocycles. The number of fused-ring (bicyclic) bond motifs is 1. The number of para-hydroxylation sites is 2. The zero-order chi connectivity index (χ0) is 19.7. The Morgan fingerprint density at radius 1 is 1.25 bits per heavy atom. The number of ether oxygens (including phenoxy) is 1. The van der Waals surface area contributed by atoms with Crippen molar-refractivity contribution in [3.63, 3.8) is 0 Å². The lowest BCUT2D eigenvalue weighted by Gasteiger charge is -2.25. The summed E-state index contributed by atoms with van der Waals surface area (Å²) in [5.74, 6) is 0.00378. The number of rotatable bonds is 3. The molecule has 2 fully saturated rings.